The number of benzene rings is 1. The van der Waals surface area contributed by atoms with Crippen molar-refractivity contribution in [3.05, 3.63) is 35.3 Å². The molecule has 0 spiro atoms. The van der Waals surface area contributed by atoms with Crippen LogP contribution in [0.15, 0.2) is 30.5 Å². The Hall–Kier alpha value is -1.76. The molecule has 1 aromatic carbocycles. The van der Waals surface area contributed by atoms with Gasteiger partial charge in [0.15, 0.2) is 0 Å². The van der Waals surface area contributed by atoms with Crippen molar-refractivity contribution in [2.75, 3.05) is 13.1 Å². The van der Waals surface area contributed by atoms with Crippen LogP contribution in [-0.4, -0.2) is 27.9 Å². The highest BCUT2D eigenvalue weighted by atomic mass is 32.1. The zero-order chi connectivity index (χ0) is 16.1. The molecule has 0 bridgehead atoms. The third kappa shape index (κ3) is 2.46. The molecule has 4 aromatic rings. The minimum atomic E-state index is 0.714. The third-order valence-electron chi connectivity index (χ3n) is 4.72. The van der Waals surface area contributed by atoms with Crippen molar-refractivity contribution < 1.29 is 0 Å². The van der Waals surface area contributed by atoms with Gasteiger partial charge in [-0.1, -0.05) is 12.1 Å². The van der Waals surface area contributed by atoms with Gasteiger partial charge in [-0.05, 0) is 44.0 Å². The summed E-state index contributed by atoms with van der Waals surface area (Å²) in [7, 11) is 1.96. The standard InChI is InChI=1S/C18H18N4S2/c1-22-10-13-3-2-12(8-14(13)21-22)17-20-18-16(24-17)9-15(23-18)11-4-6-19-7-5-11/h2-3,8-11,19H,4-7H2,1H3. The van der Waals surface area contributed by atoms with E-state index in [0.29, 0.717) is 5.92 Å². The van der Waals surface area contributed by atoms with Crippen molar-refractivity contribution in [3.63, 3.8) is 0 Å². The van der Waals surface area contributed by atoms with E-state index in [4.69, 9.17) is 4.98 Å². The normalized spacial score (nSPS) is 16.4. The van der Waals surface area contributed by atoms with E-state index in [0.717, 1.165) is 29.2 Å². The topological polar surface area (TPSA) is 42.7 Å². The van der Waals surface area contributed by atoms with Gasteiger partial charge in [-0.2, -0.15) is 5.10 Å². The molecule has 1 aliphatic rings. The minimum Gasteiger partial charge on any atom is -0.317 e. The lowest BCUT2D eigenvalue weighted by Crippen LogP contribution is -2.26. The lowest BCUT2D eigenvalue weighted by Gasteiger charge is -2.21. The van der Waals surface area contributed by atoms with Crippen LogP contribution in [0.5, 0.6) is 0 Å². The van der Waals surface area contributed by atoms with E-state index in [2.05, 4.69) is 34.7 Å². The first kappa shape index (κ1) is 14.6. The van der Waals surface area contributed by atoms with Crippen LogP contribution in [0.25, 0.3) is 31.0 Å². The summed E-state index contributed by atoms with van der Waals surface area (Å²) in [5.41, 5.74) is 2.20. The Morgan fingerprint density at radius 1 is 1.17 bits per heavy atom. The predicted molar refractivity (Wildman–Crippen MR) is 102 cm³/mol. The molecule has 1 N–H and O–H groups in total. The average molecular weight is 355 g/mol. The second kappa shape index (κ2) is 5.65. The van der Waals surface area contributed by atoms with Gasteiger partial charge in [-0.25, -0.2) is 4.98 Å². The Labute approximate surface area is 148 Å². The van der Waals surface area contributed by atoms with Gasteiger partial charge >= 0.3 is 0 Å². The van der Waals surface area contributed by atoms with Crippen LogP contribution >= 0.6 is 22.7 Å². The van der Waals surface area contributed by atoms with Gasteiger partial charge in [0, 0.05) is 29.1 Å². The third-order valence-corrected chi connectivity index (χ3v) is 7.09. The smallest absolute Gasteiger partial charge is 0.135 e. The summed E-state index contributed by atoms with van der Waals surface area (Å²) in [6.07, 6.45) is 4.54. The van der Waals surface area contributed by atoms with Crippen molar-refractivity contribution in [1.82, 2.24) is 20.1 Å². The van der Waals surface area contributed by atoms with Gasteiger partial charge in [-0.15, -0.1) is 22.7 Å². The van der Waals surface area contributed by atoms with Crippen LogP contribution in [0.3, 0.4) is 0 Å². The molecule has 122 valence electrons. The van der Waals surface area contributed by atoms with E-state index >= 15 is 0 Å². The first-order valence-electron chi connectivity index (χ1n) is 8.31. The maximum absolute atomic E-state index is 4.90. The van der Waals surface area contributed by atoms with Crippen molar-refractivity contribution in [1.29, 1.82) is 0 Å². The summed E-state index contributed by atoms with van der Waals surface area (Å²) >= 11 is 3.68. The van der Waals surface area contributed by atoms with E-state index in [1.54, 1.807) is 11.3 Å². The zero-order valence-electron chi connectivity index (χ0n) is 13.5. The molecule has 6 heteroatoms. The van der Waals surface area contributed by atoms with Crippen LogP contribution in [-0.2, 0) is 7.05 Å². The first-order chi connectivity index (χ1) is 11.8. The highest BCUT2D eigenvalue weighted by Gasteiger charge is 2.19. The summed E-state index contributed by atoms with van der Waals surface area (Å²) < 4.78 is 3.19. The maximum atomic E-state index is 4.90. The Kier molecular flexibility index (Phi) is 3.43. The van der Waals surface area contributed by atoms with Crippen molar-refractivity contribution in [3.8, 4) is 10.6 Å². The van der Waals surface area contributed by atoms with E-state index < -0.39 is 0 Å². The Balaban J connectivity index is 1.51. The molecule has 5 rings (SSSR count). The summed E-state index contributed by atoms with van der Waals surface area (Å²) in [5, 5.41) is 10.2. The number of aromatic nitrogens is 3. The summed E-state index contributed by atoms with van der Waals surface area (Å²) in [6, 6.07) is 8.80. The van der Waals surface area contributed by atoms with Crippen LogP contribution in [0.1, 0.15) is 23.6 Å². The van der Waals surface area contributed by atoms with Crippen LogP contribution in [0, 0.1) is 0 Å². The fraction of sp³-hybridized carbons (Fsp3) is 0.333. The maximum Gasteiger partial charge on any atom is 0.135 e. The van der Waals surface area contributed by atoms with Gasteiger partial charge in [0.2, 0.25) is 0 Å². The van der Waals surface area contributed by atoms with Gasteiger partial charge in [0.05, 0.1) is 10.2 Å². The molecular formula is C18H18N4S2. The second-order valence-corrected chi connectivity index (χ2v) is 8.53. The van der Waals surface area contributed by atoms with Gasteiger partial charge in [-0.3, -0.25) is 4.68 Å². The highest BCUT2D eigenvalue weighted by molar-refractivity contribution is 7.28. The molecule has 1 aliphatic heterocycles. The number of hydrogen-bond donors (Lipinski definition) is 1. The molecule has 0 atom stereocenters. The average Bonchev–Trinajstić information content (AvgIpc) is 3.26. The zero-order valence-corrected chi connectivity index (χ0v) is 15.1. The molecular weight excluding hydrogens is 336 g/mol. The van der Waals surface area contributed by atoms with Crippen LogP contribution in [0.2, 0.25) is 0 Å². The summed E-state index contributed by atoms with van der Waals surface area (Å²) in [6.45, 7) is 2.28. The summed E-state index contributed by atoms with van der Waals surface area (Å²) in [4.78, 5) is 7.59. The molecule has 4 heterocycles. The Bertz CT molecular complexity index is 989. The van der Waals surface area contributed by atoms with Crippen LogP contribution < -0.4 is 5.32 Å². The van der Waals surface area contributed by atoms with E-state index in [9.17, 15) is 0 Å². The molecule has 0 saturated carbocycles. The number of aryl methyl sites for hydroxylation is 1. The van der Waals surface area contributed by atoms with Gasteiger partial charge in [0.25, 0.3) is 0 Å². The predicted octanol–water partition coefficient (Wildman–Crippen LogP) is 4.38. The number of nitrogens with zero attached hydrogens (tertiary/aromatic N) is 3. The highest BCUT2D eigenvalue weighted by Crippen LogP contribution is 2.40. The SMILES string of the molecule is Cn1cc2ccc(-c3nc4sc(C5CCNCC5)cc4s3)cc2n1. The molecule has 0 unspecified atom stereocenters. The fourth-order valence-electron chi connectivity index (χ4n) is 3.46. The van der Waals surface area contributed by atoms with E-state index in [1.807, 2.05) is 29.3 Å². The van der Waals surface area contributed by atoms with Crippen molar-refractivity contribution in [2.24, 2.45) is 7.05 Å². The molecule has 0 aliphatic carbocycles. The molecule has 1 fully saturated rings. The number of fused-ring (bicyclic) bond motifs is 2. The van der Waals surface area contributed by atoms with Gasteiger partial charge in [0.1, 0.15) is 9.84 Å². The molecule has 4 nitrogen and oxygen atoms in total. The number of piperidine rings is 1. The lowest BCUT2D eigenvalue weighted by atomic mass is 9.97. The molecule has 24 heavy (non-hydrogen) atoms. The summed E-state index contributed by atoms with van der Waals surface area (Å²) in [5.74, 6) is 0.714. The molecule has 1 saturated heterocycles. The largest absolute Gasteiger partial charge is 0.317 e. The van der Waals surface area contributed by atoms with E-state index in [-0.39, 0.29) is 0 Å². The number of nitrogens with one attached hydrogen (secondary N) is 1. The molecule has 3 aromatic heterocycles. The van der Waals surface area contributed by atoms with Crippen molar-refractivity contribution in [2.45, 2.75) is 18.8 Å². The second-order valence-electron chi connectivity index (χ2n) is 6.44. The minimum absolute atomic E-state index is 0.714. The lowest BCUT2D eigenvalue weighted by molar-refractivity contribution is 0.465. The molecule has 0 radical (unpaired) electrons. The van der Waals surface area contributed by atoms with Crippen LogP contribution in [0.4, 0.5) is 0 Å². The Morgan fingerprint density at radius 3 is 2.88 bits per heavy atom. The quantitative estimate of drug-likeness (QED) is 0.581. The number of thiophene rings is 1. The number of hydrogen-bond acceptors (Lipinski definition) is 5. The number of rotatable bonds is 2. The number of thiazole rings is 1. The van der Waals surface area contributed by atoms with E-state index in [1.165, 1.54) is 32.6 Å². The Morgan fingerprint density at radius 2 is 2.04 bits per heavy atom. The van der Waals surface area contributed by atoms with Crippen molar-refractivity contribution >= 4 is 43.1 Å². The fourth-order valence-corrected chi connectivity index (χ4v) is 5.85. The molecule has 0 amide bonds. The monoisotopic (exact) mass is 354 g/mol. The van der Waals surface area contributed by atoms with Gasteiger partial charge < -0.3 is 5.32 Å². The first-order valence-corrected chi connectivity index (χ1v) is 9.94.